The maximum Gasteiger partial charge on any atom is 0.164 e. The number of ketones is 1. The minimum absolute atomic E-state index is 0.0848. The quantitative estimate of drug-likeness (QED) is 0.148. The van der Waals surface area contributed by atoms with Crippen LogP contribution in [0.15, 0.2) is 91.3 Å². The lowest BCUT2D eigenvalue weighted by molar-refractivity contribution is 0.0980. The normalized spacial score (nSPS) is 10.8. The lowest BCUT2D eigenvalue weighted by atomic mass is 10.0. The molecule has 0 saturated heterocycles. The smallest absolute Gasteiger partial charge is 0.164 e. The number of aryl methyl sites for hydroxylation is 1. The van der Waals surface area contributed by atoms with Gasteiger partial charge in [0, 0.05) is 35.3 Å². The first-order valence-electron chi connectivity index (χ1n) is 12.9. The number of fused-ring (bicyclic) bond motifs is 1. The summed E-state index contributed by atoms with van der Waals surface area (Å²) in [7, 11) is 3.31. The molecule has 2 aromatic heterocycles. The molecule has 39 heavy (non-hydrogen) atoms. The van der Waals surface area contributed by atoms with Crippen LogP contribution in [0.2, 0.25) is 0 Å². The molecule has 5 rings (SSSR count). The topological polar surface area (TPSA) is 86.2 Å². The van der Waals surface area contributed by atoms with Crippen molar-refractivity contribution in [1.29, 1.82) is 0 Å². The average Bonchev–Trinajstić information content (AvgIpc) is 2.99. The fourth-order valence-corrected chi connectivity index (χ4v) is 4.56. The van der Waals surface area contributed by atoms with Crippen LogP contribution in [0.1, 0.15) is 35.2 Å². The lowest BCUT2D eigenvalue weighted by Gasteiger charge is -2.14. The third-order valence-electron chi connectivity index (χ3n) is 6.60. The molecular formula is C32H30N4O3. The Morgan fingerprint density at radius 3 is 2.54 bits per heavy atom. The van der Waals surface area contributed by atoms with Crippen LogP contribution in [0.3, 0.4) is 0 Å². The van der Waals surface area contributed by atoms with Crippen LogP contribution in [0, 0.1) is 0 Å². The molecule has 0 unspecified atom stereocenters. The molecule has 0 amide bonds. The van der Waals surface area contributed by atoms with E-state index < -0.39 is 0 Å². The number of carbonyl (C=O) groups is 1. The molecule has 7 nitrogen and oxygen atoms in total. The van der Waals surface area contributed by atoms with Crippen molar-refractivity contribution in [3.8, 4) is 22.9 Å². The maximum atomic E-state index is 13.3. The highest BCUT2D eigenvalue weighted by Crippen LogP contribution is 2.31. The Bertz CT molecular complexity index is 1590. The summed E-state index contributed by atoms with van der Waals surface area (Å²) < 4.78 is 10.9. The zero-order valence-corrected chi connectivity index (χ0v) is 22.1. The summed E-state index contributed by atoms with van der Waals surface area (Å²) in [5, 5.41) is 4.22. The number of ether oxygens (including phenoxy) is 2. The number of nitrogens with zero attached hydrogens (tertiary/aromatic N) is 3. The van der Waals surface area contributed by atoms with Crippen LogP contribution in [-0.2, 0) is 6.42 Å². The summed E-state index contributed by atoms with van der Waals surface area (Å²) in [5.41, 5.74) is 4.05. The van der Waals surface area contributed by atoms with Crippen molar-refractivity contribution >= 4 is 28.2 Å². The number of Topliss-reactive ketones (excluding diaryl/α,β-unsaturated/α-hetero) is 1. The highest BCUT2D eigenvalue weighted by atomic mass is 16.5. The second-order valence-electron chi connectivity index (χ2n) is 9.13. The van der Waals surface area contributed by atoms with Gasteiger partial charge in [-0.15, -0.1) is 0 Å². The number of hydrogen-bond acceptors (Lipinski definition) is 7. The fraction of sp³-hybridized carbons (Fsp3) is 0.188. The Morgan fingerprint density at radius 2 is 1.72 bits per heavy atom. The van der Waals surface area contributed by atoms with Gasteiger partial charge in [-0.05, 0) is 73.4 Å². The van der Waals surface area contributed by atoms with E-state index >= 15 is 0 Å². The number of unbranched alkanes of at least 4 members (excludes halogenated alkanes) is 1. The number of para-hydroxylation sites is 2. The summed E-state index contributed by atoms with van der Waals surface area (Å²) in [6.07, 6.45) is 6.44. The standard InChI is InChI=1S/C32H30N4O3/c1-38-24-17-18-28-26(20-24)32(36-31(34-28)23-12-9-19-33-21-23)35-27-14-6-5-13-25(27)29(37)15-7-3-10-22-11-4-8-16-30(22)39-2/h4-6,8-9,11-14,16-21H,3,7,10,15H2,1-2H3,(H,34,35,36). The molecule has 3 aromatic carbocycles. The second-order valence-corrected chi connectivity index (χ2v) is 9.13. The molecule has 0 aliphatic heterocycles. The highest BCUT2D eigenvalue weighted by molar-refractivity contribution is 6.03. The molecule has 2 heterocycles. The molecule has 0 radical (unpaired) electrons. The minimum atomic E-state index is 0.0848. The molecular weight excluding hydrogens is 488 g/mol. The Balaban J connectivity index is 1.38. The number of nitrogens with one attached hydrogen (secondary N) is 1. The van der Waals surface area contributed by atoms with E-state index in [1.807, 2.05) is 72.8 Å². The van der Waals surface area contributed by atoms with E-state index in [1.54, 1.807) is 26.6 Å². The summed E-state index contributed by atoms with van der Waals surface area (Å²) in [6, 6.07) is 25.0. The number of carbonyl (C=O) groups excluding carboxylic acids is 1. The second kappa shape index (κ2) is 12.2. The summed E-state index contributed by atoms with van der Waals surface area (Å²) in [6.45, 7) is 0. The van der Waals surface area contributed by atoms with Gasteiger partial charge in [0.25, 0.3) is 0 Å². The minimum Gasteiger partial charge on any atom is -0.497 e. The van der Waals surface area contributed by atoms with Gasteiger partial charge in [0.1, 0.15) is 17.3 Å². The SMILES string of the molecule is COc1ccc2nc(-c3cccnc3)nc(Nc3ccccc3C(=O)CCCCc3ccccc3OC)c2c1. The molecule has 5 aromatic rings. The number of aromatic nitrogens is 3. The molecule has 0 aliphatic carbocycles. The van der Waals surface area contributed by atoms with E-state index in [0.717, 1.165) is 47.0 Å². The van der Waals surface area contributed by atoms with E-state index in [2.05, 4.69) is 16.4 Å². The van der Waals surface area contributed by atoms with Gasteiger partial charge in [-0.2, -0.15) is 0 Å². The van der Waals surface area contributed by atoms with Gasteiger partial charge >= 0.3 is 0 Å². The number of hydrogen-bond donors (Lipinski definition) is 1. The maximum absolute atomic E-state index is 13.3. The van der Waals surface area contributed by atoms with Crippen LogP contribution in [0.25, 0.3) is 22.3 Å². The lowest BCUT2D eigenvalue weighted by Crippen LogP contribution is -2.06. The van der Waals surface area contributed by atoms with Gasteiger partial charge in [-0.3, -0.25) is 9.78 Å². The molecule has 0 saturated carbocycles. The van der Waals surface area contributed by atoms with Crippen molar-refractivity contribution in [2.75, 3.05) is 19.5 Å². The third kappa shape index (κ3) is 6.04. The number of pyridine rings is 1. The summed E-state index contributed by atoms with van der Waals surface area (Å²) >= 11 is 0. The van der Waals surface area contributed by atoms with Gasteiger partial charge in [0.2, 0.25) is 0 Å². The predicted octanol–water partition coefficient (Wildman–Crippen LogP) is 7.05. The molecule has 0 bridgehead atoms. The Kier molecular flexibility index (Phi) is 8.07. The first-order chi connectivity index (χ1) is 19.2. The van der Waals surface area contributed by atoms with Crippen LogP contribution in [0.5, 0.6) is 11.5 Å². The summed E-state index contributed by atoms with van der Waals surface area (Å²) in [4.78, 5) is 27.1. The molecule has 196 valence electrons. The number of anilines is 2. The van der Waals surface area contributed by atoms with Crippen molar-refractivity contribution in [2.24, 2.45) is 0 Å². The molecule has 0 spiro atoms. The molecule has 0 atom stereocenters. The number of benzene rings is 3. The molecule has 0 fully saturated rings. The van der Waals surface area contributed by atoms with Crippen LogP contribution in [0.4, 0.5) is 11.5 Å². The number of methoxy groups -OCH3 is 2. The molecule has 1 N–H and O–H groups in total. The Morgan fingerprint density at radius 1 is 0.872 bits per heavy atom. The third-order valence-corrected chi connectivity index (χ3v) is 6.60. The van der Waals surface area contributed by atoms with Crippen LogP contribution >= 0.6 is 0 Å². The van der Waals surface area contributed by atoms with E-state index in [9.17, 15) is 4.79 Å². The van der Waals surface area contributed by atoms with Gasteiger partial charge in [-0.1, -0.05) is 30.3 Å². The van der Waals surface area contributed by atoms with E-state index in [1.165, 1.54) is 0 Å². The van der Waals surface area contributed by atoms with Crippen molar-refractivity contribution in [1.82, 2.24) is 15.0 Å². The average molecular weight is 519 g/mol. The van der Waals surface area contributed by atoms with Gasteiger partial charge in [-0.25, -0.2) is 9.97 Å². The molecule has 7 heteroatoms. The largest absolute Gasteiger partial charge is 0.497 e. The summed E-state index contributed by atoms with van der Waals surface area (Å²) in [5.74, 6) is 2.81. The zero-order chi connectivity index (χ0) is 27.0. The predicted molar refractivity (Wildman–Crippen MR) is 154 cm³/mol. The van der Waals surface area contributed by atoms with Crippen molar-refractivity contribution in [3.63, 3.8) is 0 Å². The van der Waals surface area contributed by atoms with E-state index in [-0.39, 0.29) is 5.78 Å². The number of rotatable bonds is 11. The Hall–Kier alpha value is -4.78. The monoisotopic (exact) mass is 518 g/mol. The molecule has 0 aliphatic rings. The van der Waals surface area contributed by atoms with Crippen molar-refractivity contribution in [3.05, 3.63) is 102 Å². The zero-order valence-electron chi connectivity index (χ0n) is 22.1. The van der Waals surface area contributed by atoms with Crippen LogP contribution in [-0.4, -0.2) is 35.0 Å². The van der Waals surface area contributed by atoms with E-state index in [0.29, 0.717) is 35.1 Å². The van der Waals surface area contributed by atoms with Gasteiger partial charge in [0.15, 0.2) is 11.6 Å². The van der Waals surface area contributed by atoms with Gasteiger partial charge in [0.05, 0.1) is 25.4 Å². The first-order valence-corrected chi connectivity index (χ1v) is 12.9. The Labute approximate surface area is 227 Å². The van der Waals surface area contributed by atoms with Crippen molar-refractivity contribution < 1.29 is 14.3 Å². The van der Waals surface area contributed by atoms with Crippen LogP contribution < -0.4 is 14.8 Å². The first kappa shape index (κ1) is 25.9. The van der Waals surface area contributed by atoms with Crippen molar-refractivity contribution in [2.45, 2.75) is 25.7 Å². The highest BCUT2D eigenvalue weighted by Gasteiger charge is 2.15. The van der Waals surface area contributed by atoms with E-state index in [4.69, 9.17) is 19.4 Å². The fourth-order valence-electron chi connectivity index (χ4n) is 4.56. The van der Waals surface area contributed by atoms with Gasteiger partial charge < -0.3 is 14.8 Å².